The van der Waals surface area contributed by atoms with Crippen LogP contribution in [0.1, 0.15) is 19.2 Å². The molecule has 0 aliphatic carbocycles. The molecule has 0 radical (unpaired) electrons. The molecule has 0 fully saturated rings. The Bertz CT molecular complexity index is 553. The van der Waals surface area contributed by atoms with Crippen molar-refractivity contribution in [1.29, 1.82) is 0 Å². The minimum atomic E-state index is -0.298. The molecule has 0 aliphatic rings. The zero-order chi connectivity index (χ0) is 13.1. The van der Waals surface area contributed by atoms with E-state index in [0.29, 0.717) is 23.8 Å². The van der Waals surface area contributed by atoms with Gasteiger partial charge in [-0.15, -0.1) is 10.2 Å². The third-order valence-corrected chi connectivity index (χ3v) is 3.32. The van der Waals surface area contributed by atoms with Gasteiger partial charge in [0.05, 0.1) is 6.54 Å². The van der Waals surface area contributed by atoms with E-state index in [0.717, 1.165) is 17.4 Å². The summed E-state index contributed by atoms with van der Waals surface area (Å²) in [5, 5.41) is 8.16. The molecule has 0 saturated carbocycles. The van der Waals surface area contributed by atoms with Gasteiger partial charge < -0.3 is 10.3 Å². The molecule has 0 atom stereocenters. The normalized spacial score (nSPS) is 10.9. The zero-order valence-corrected chi connectivity index (χ0v) is 11.6. The van der Waals surface area contributed by atoms with E-state index in [2.05, 4.69) is 33.1 Å². The monoisotopic (exact) mass is 312 g/mol. The van der Waals surface area contributed by atoms with Gasteiger partial charge in [-0.2, -0.15) is 0 Å². The maximum Gasteiger partial charge on any atom is 0.165 e. The lowest BCUT2D eigenvalue weighted by Gasteiger charge is -2.09. The van der Waals surface area contributed by atoms with Crippen molar-refractivity contribution in [2.45, 2.75) is 26.4 Å². The van der Waals surface area contributed by atoms with E-state index in [-0.39, 0.29) is 5.82 Å². The summed E-state index contributed by atoms with van der Waals surface area (Å²) in [5.74, 6) is 1.06. The van der Waals surface area contributed by atoms with Gasteiger partial charge in [0.2, 0.25) is 0 Å². The van der Waals surface area contributed by atoms with Crippen molar-refractivity contribution in [3.63, 3.8) is 0 Å². The number of nitrogens with two attached hydrogens (primary N) is 1. The average Bonchev–Trinajstić information content (AvgIpc) is 2.76. The minimum Gasteiger partial charge on any atom is -0.324 e. The molecule has 0 aliphatic heterocycles. The quantitative estimate of drug-likeness (QED) is 0.944. The Hall–Kier alpha value is -1.27. The Labute approximate surface area is 113 Å². The molecule has 2 N–H and O–H groups in total. The fourth-order valence-corrected chi connectivity index (χ4v) is 2.24. The van der Waals surface area contributed by atoms with Gasteiger partial charge in [-0.05, 0) is 24.6 Å². The Morgan fingerprint density at radius 2 is 2.17 bits per heavy atom. The number of aromatic nitrogens is 3. The van der Waals surface area contributed by atoms with E-state index in [1.165, 1.54) is 12.1 Å². The van der Waals surface area contributed by atoms with E-state index >= 15 is 0 Å². The van der Waals surface area contributed by atoms with E-state index in [1.54, 1.807) is 6.07 Å². The first-order valence-electron chi connectivity index (χ1n) is 5.75. The van der Waals surface area contributed by atoms with Crippen LogP contribution >= 0.6 is 15.9 Å². The molecule has 1 heterocycles. The van der Waals surface area contributed by atoms with Crippen molar-refractivity contribution < 1.29 is 4.39 Å². The number of halogens is 2. The standard InChI is InChI=1S/C12H14BrFN4/c1-2-5-18-11(7-15)16-17-12(18)9-6-8(14)3-4-10(9)13/h3-4,6H,2,5,7,15H2,1H3. The van der Waals surface area contributed by atoms with Crippen molar-refractivity contribution in [3.05, 3.63) is 34.3 Å². The molecular formula is C12H14BrFN4. The third-order valence-electron chi connectivity index (χ3n) is 2.63. The maximum absolute atomic E-state index is 13.3. The van der Waals surface area contributed by atoms with E-state index in [4.69, 9.17) is 5.73 Å². The number of hydrogen-bond acceptors (Lipinski definition) is 3. The second-order valence-electron chi connectivity index (χ2n) is 3.92. The predicted molar refractivity (Wildman–Crippen MR) is 71.3 cm³/mol. The molecule has 1 aromatic heterocycles. The zero-order valence-electron chi connectivity index (χ0n) is 10.0. The molecule has 2 aromatic rings. The summed E-state index contributed by atoms with van der Waals surface area (Å²) in [6.07, 6.45) is 0.935. The highest BCUT2D eigenvalue weighted by Crippen LogP contribution is 2.28. The highest BCUT2D eigenvalue weighted by molar-refractivity contribution is 9.10. The van der Waals surface area contributed by atoms with Gasteiger partial charge in [0, 0.05) is 16.6 Å². The highest BCUT2D eigenvalue weighted by Gasteiger charge is 2.15. The van der Waals surface area contributed by atoms with Crippen LogP contribution in [0, 0.1) is 5.82 Å². The van der Waals surface area contributed by atoms with Gasteiger partial charge in [-0.3, -0.25) is 0 Å². The van der Waals surface area contributed by atoms with Crippen molar-refractivity contribution in [2.75, 3.05) is 0 Å². The Kier molecular flexibility index (Phi) is 4.08. The molecule has 2 rings (SSSR count). The van der Waals surface area contributed by atoms with Crippen LogP contribution in [0.5, 0.6) is 0 Å². The molecule has 0 bridgehead atoms. The molecule has 4 nitrogen and oxygen atoms in total. The van der Waals surface area contributed by atoms with Gasteiger partial charge in [0.15, 0.2) is 5.82 Å². The fourth-order valence-electron chi connectivity index (χ4n) is 1.81. The van der Waals surface area contributed by atoms with Crippen molar-refractivity contribution >= 4 is 15.9 Å². The van der Waals surface area contributed by atoms with Crippen LogP contribution in [0.25, 0.3) is 11.4 Å². The number of rotatable bonds is 4. The van der Waals surface area contributed by atoms with Gasteiger partial charge in [-0.1, -0.05) is 22.9 Å². The summed E-state index contributed by atoms with van der Waals surface area (Å²) < 4.78 is 16.1. The maximum atomic E-state index is 13.3. The predicted octanol–water partition coefficient (Wildman–Crippen LogP) is 2.72. The second-order valence-corrected chi connectivity index (χ2v) is 4.77. The van der Waals surface area contributed by atoms with Crippen LogP contribution in [0.3, 0.4) is 0 Å². The molecule has 0 saturated heterocycles. The smallest absolute Gasteiger partial charge is 0.165 e. The van der Waals surface area contributed by atoms with Crippen LogP contribution in [-0.2, 0) is 13.1 Å². The lowest BCUT2D eigenvalue weighted by Crippen LogP contribution is -2.09. The van der Waals surface area contributed by atoms with E-state index in [9.17, 15) is 4.39 Å². The topological polar surface area (TPSA) is 56.7 Å². The summed E-state index contributed by atoms with van der Waals surface area (Å²) in [4.78, 5) is 0. The molecule has 18 heavy (non-hydrogen) atoms. The molecule has 0 amide bonds. The van der Waals surface area contributed by atoms with Crippen molar-refractivity contribution in [2.24, 2.45) is 5.73 Å². The van der Waals surface area contributed by atoms with Crippen LogP contribution in [-0.4, -0.2) is 14.8 Å². The molecule has 0 spiro atoms. The first-order chi connectivity index (χ1) is 8.67. The summed E-state index contributed by atoms with van der Waals surface area (Å²) in [6, 6.07) is 4.51. The summed E-state index contributed by atoms with van der Waals surface area (Å²) in [5.41, 5.74) is 6.32. The highest BCUT2D eigenvalue weighted by atomic mass is 79.9. The molecule has 1 aromatic carbocycles. The van der Waals surface area contributed by atoms with Gasteiger partial charge in [0.1, 0.15) is 11.6 Å². The first-order valence-corrected chi connectivity index (χ1v) is 6.54. The Morgan fingerprint density at radius 3 is 2.83 bits per heavy atom. The number of nitrogens with zero attached hydrogens (tertiary/aromatic N) is 3. The van der Waals surface area contributed by atoms with Crippen LogP contribution < -0.4 is 5.73 Å². The molecule has 96 valence electrons. The van der Waals surface area contributed by atoms with Crippen LogP contribution in [0.15, 0.2) is 22.7 Å². The van der Waals surface area contributed by atoms with Gasteiger partial charge in [-0.25, -0.2) is 4.39 Å². The average molecular weight is 313 g/mol. The van der Waals surface area contributed by atoms with Crippen molar-refractivity contribution in [3.8, 4) is 11.4 Å². The van der Waals surface area contributed by atoms with Gasteiger partial charge in [0.25, 0.3) is 0 Å². The second kappa shape index (κ2) is 5.58. The summed E-state index contributed by atoms with van der Waals surface area (Å²) in [6.45, 7) is 3.14. The summed E-state index contributed by atoms with van der Waals surface area (Å²) in [7, 11) is 0. The largest absolute Gasteiger partial charge is 0.324 e. The van der Waals surface area contributed by atoms with Crippen LogP contribution in [0.4, 0.5) is 4.39 Å². The number of benzene rings is 1. The number of hydrogen-bond donors (Lipinski definition) is 1. The molecule has 6 heteroatoms. The first kappa shape index (κ1) is 13.2. The Balaban J connectivity index is 2.56. The van der Waals surface area contributed by atoms with E-state index < -0.39 is 0 Å². The lowest BCUT2D eigenvalue weighted by molar-refractivity contribution is 0.625. The van der Waals surface area contributed by atoms with E-state index in [1.807, 2.05) is 4.57 Å². The summed E-state index contributed by atoms with van der Waals surface area (Å²) >= 11 is 3.40. The lowest BCUT2D eigenvalue weighted by atomic mass is 10.2. The minimum absolute atomic E-state index is 0.298. The van der Waals surface area contributed by atoms with Crippen LogP contribution in [0.2, 0.25) is 0 Å². The molecule has 0 unspecified atom stereocenters. The van der Waals surface area contributed by atoms with Crippen molar-refractivity contribution in [1.82, 2.24) is 14.8 Å². The molecular weight excluding hydrogens is 299 g/mol. The fraction of sp³-hybridized carbons (Fsp3) is 0.333. The third kappa shape index (κ3) is 2.44. The SMILES string of the molecule is CCCn1c(CN)nnc1-c1cc(F)ccc1Br. The Morgan fingerprint density at radius 1 is 1.39 bits per heavy atom. The van der Waals surface area contributed by atoms with Gasteiger partial charge >= 0.3 is 0 Å².